The largest absolute Gasteiger partial charge is 0.481 e. The number of piperidine rings is 1. The van der Waals surface area contributed by atoms with Gasteiger partial charge in [-0.1, -0.05) is 13.3 Å². The third kappa shape index (κ3) is 3.30. The summed E-state index contributed by atoms with van der Waals surface area (Å²) in [6.07, 6.45) is 4.34. The molecule has 28 heavy (non-hydrogen) atoms. The molecule has 0 spiro atoms. The molecule has 0 bridgehead atoms. The highest BCUT2D eigenvalue weighted by Crippen LogP contribution is 2.25. The van der Waals surface area contributed by atoms with E-state index in [9.17, 15) is 19.5 Å². The second-order valence-corrected chi connectivity index (χ2v) is 7.99. The smallest absolute Gasteiger partial charge is 0.306 e. The number of amides is 1. The maximum Gasteiger partial charge on any atom is 0.306 e. The normalized spacial score (nSPS) is 22.5. The van der Waals surface area contributed by atoms with E-state index < -0.39 is 11.9 Å². The molecule has 1 N–H and O–H groups in total. The van der Waals surface area contributed by atoms with E-state index >= 15 is 0 Å². The van der Waals surface area contributed by atoms with Crippen LogP contribution >= 0.6 is 0 Å². The lowest BCUT2D eigenvalue weighted by Gasteiger charge is -2.35. The Labute approximate surface area is 163 Å². The van der Waals surface area contributed by atoms with Crippen molar-refractivity contribution in [3.05, 3.63) is 39.9 Å². The van der Waals surface area contributed by atoms with Crippen LogP contribution in [0.5, 0.6) is 0 Å². The van der Waals surface area contributed by atoms with Gasteiger partial charge in [0.25, 0.3) is 11.5 Å². The molecule has 4 rings (SSSR count). The second-order valence-electron chi connectivity index (χ2n) is 7.99. The zero-order valence-corrected chi connectivity index (χ0v) is 16.1. The first kappa shape index (κ1) is 18.7. The van der Waals surface area contributed by atoms with E-state index in [1.165, 1.54) is 0 Å². The molecule has 0 aliphatic carbocycles. The fourth-order valence-electron chi connectivity index (χ4n) is 4.43. The topological polar surface area (TPSA) is 92.5 Å². The number of likely N-dealkylation sites (tertiary alicyclic amines) is 1. The Balaban J connectivity index is 1.64. The highest BCUT2D eigenvalue weighted by atomic mass is 16.4. The Hall–Kier alpha value is -2.70. The van der Waals surface area contributed by atoms with E-state index in [0.29, 0.717) is 42.5 Å². The lowest BCUT2D eigenvalue weighted by atomic mass is 9.87. The third-order valence-electron chi connectivity index (χ3n) is 6.07. The van der Waals surface area contributed by atoms with E-state index in [2.05, 4.69) is 4.98 Å². The second kappa shape index (κ2) is 7.37. The summed E-state index contributed by atoms with van der Waals surface area (Å²) in [7, 11) is 0. The van der Waals surface area contributed by atoms with Crippen LogP contribution in [-0.4, -0.2) is 44.5 Å². The van der Waals surface area contributed by atoms with Crippen LogP contribution in [0.4, 0.5) is 0 Å². The monoisotopic (exact) mass is 383 g/mol. The summed E-state index contributed by atoms with van der Waals surface area (Å²) < 4.78 is 1.77. The van der Waals surface area contributed by atoms with Crippen molar-refractivity contribution in [3.8, 4) is 0 Å². The number of carboxylic acids is 1. The summed E-state index contributed by atoms with van der Waals surface area (Å²) >= 11 is 0. The Morgan fingerprint density at radius 1 is 1.18 bits per heavy atom. The number of aromatic nitrogens is 2. The van der Waals surface area contributed by atoms with Crippen LogP contribution < -0.4 is 5.56 Å². The number of aliphatic carboxylic acids is 1. The van der Waals surface area contributed by atoms with E-state index in [-0.39, 0.29) is 17.4 Å². The van der Waals surface area contributed by atoms with Gasteiger partial charge in [-0.25, -0.2) is 4.98 Å². The van der Waals surface area contributed by atoms with Crippen LogP contribution in [0.2, 0.25) is 0 Å². The Bertz CT molecular complexity index is 997. The summed E-state index contributed by atoms with van der Waals surface area (Å²) in [5.41, 5.74) is 1.04. The van der Waals surface area contributed by atoms with Crippen LogP contribution in [0.1, 0.15) is 48.8 Å². The molecule has 0 saturated carbocycles. The molecular weight excluding hydrogens is 358 g/mol. The Morgan fingerprint density at radius 2 is 2.00 bits per heavy atom. The van der Waals surface area contributed by atoms with Crippen molar-refractivity contribution in [1.29, 1.82) is 0 Å². The standard InChI is InChI=1S/C21H25N3O4/c1-13-12-23(10-8-15(13)21(27)28)19(25)14-6-7-16-17(11-14)22-18-5-3-2-4-9-24(18)20(16)26/h6-7,11,13,15H,2-5,8-10,12H2,1H3,(H,27,28). The highest BCUT2D eigenvalue weighted by Gasteiger charge is 2.33. The summed E-state index contributed by atoms with van der Waals surface area (Å²) in [6, 6.07) is 5.09. The summed E-state index contributed by atoms with van der Waals surface area (Å²) in [5.74, 6) is -0.618. The number of carbonyl (C=O) groups excluding carboxylic acids is 1. The lowest BCUT2D eigenvalue weighted by Crippen LogP contribution is -2.45. The van der Waals surface area contributed by atoms with Gasteiger partial charge in [0.1, 0.15) is 5.82 Å². The number of hydrogen-bond acceptors (Lipinski definition) is 4. The number of carboxylic acid groups (broad SMARTS) is 1. The zero-order chi connectivity index (χ0) is 19.8. The average Bonchev–Trinajstić information content (AvgIpc) is 2.92. The molecule has 0 radical (unpaired) electrons. The fourth-order valence-corrected chi connectivity index (χ4v) is 4.43. The quantitative estimate of drug-likeness (QED) is 0.859. The number of fused-ring (bicyclic) bond motifs is 2. The van der Waals surface area contributed by atoms with E-state index in [4.69, 9.17) is 0 Å². The predicted octanol–water partition coefficient (Wildman–Crippen LogP) is 2.31. The number of hydrogen-bond donors (Lipinski definition) is 1. The molecule has 1 fully saturated rings. The van der Waals surface area contributed by atoms with E-state index in [1.54, 1.807) is 27.7 Å². The lowest BCUT2D eigenvalue weighted by molar-refractivity contribution is -0.145. The zero-order valence-electron chi connectivity index (χ0n) is 16.1. The van der Waals surface area contributed by atoms with Gasteiger partial charge in [-0.15, -0.1) is 0 Å². The molecule has 7 nitrogen and oxygen atoms in total. The number of rotatable bonds is 2. The van der Waals surface area contributed by atoms with Gasteiger partial charge in [-0.2, -0.15) is 0 Å². The number of carbonyl (C=O) groups is 2. The molecule has 2 aliphatic heterocycles. The molecule has 2 unspecified atom stereocenters. The summed E-state index contributed by atoms with van der Waals surface area (Å²) in [6.45, 7) is 3.43. The third-order valence-corrected chi connectivity index (χ3v) is 6.07. The first-order valence-electron chi connectivity index (χ1n) is 10.0. The minimum Gasteiger partial charge on any atom is -0.481 e. The Morgan fingerprint density at radius 3 is 2.75 bits per heavy atom. The molecule has 7 heteroatoms. The van der Waals surface area contributed by atoms with Gasteiger partial charge in [0.15, 0.2) is 0 Å². The molecule has 2 aliphatic rings. The molecule has 1 aromatic carbocycles. The van der Waals surface area contributed by atoms with Crippen molar-refractivity contribution in [3.63, 3.8) is 0 Å². The first-order valence-corrected chi connectivity index (χ1v) is 10.0. The van der Waals surface area contributed by atoms with Crippen molar-refractivity contribution in [2.45, 2.75) is 45.6 Å². The SMILES string of the molecule is CC1CN(C(=O)c2ccc3c(=O)n4c(nc3c2)CCCCC4)CCC1C(=O)O. The van der Waals surface area contributed by atoms with Gasteiger partial charge >= 0.3 is 5.97 Å². The number of aryl methyl sites for hydroxylation is 1. The van der Waals surface area contributed by atoms with Crippen LogP contribution in [-0.2, 0) is 17.8 Å². The first-order chi connectivity index (χ1) is 13.5. The summed E-state index contributed by atoms with van der Waals surface area (Å²) in [4.78, 5) is 43.5. The van der Waals surface area contributed by atoms with Gasteiger partial charge in [0.2, 0.25) is 0 Å². The van der Waals surface area contributed by atoms with E-state index in [1.807, 2.05) is 6.92 Å². The molecule has 2 aromatic rings. The van der Waals surface area contributed by atoms with Crippen molar-refractivity contribution in [1.82, 2.24) is 14.5 Å². The molecule has 1 amide bonds. The van der Waals surface area contributed by atoms with Crippen LogP contribution in [0, 0.1) is 11.8 Å². The van der Waals surface area contributed by atoms with E-state index in [0.717, 1.165) is 31.5 Å². The van der Waals surface area contributed by atoms with Gasteiger partial charge in [-0.3, -0.25) is 19.0 Å². The minimum atomic E-state index is -0.796. The molecular formula is C21H25N3O4. The van der Waals surface area contributed by atoms with Gasteiger partial charge in [-0.05, 0) is 43.4 Å². The molecule has 148 valence electrons. The van der Waals surface area contributed by atoms with Crippen LogP contribution in [0.3, 0.4) is 0 Å². The molecule has 1 saturated heterocycles. The highest BCUT2D eigenvalue weighted by molar-refractivity contribution is 5.97. The molecule has 2 atom stereocenters. The van der Waals surface area contributed by atoms with Gasteiger partial charge < -0.3 is 10.0 Å². The van der Waals surface area contributed by atoms with Crippen molar-refractivity contribution >= 4 is 22.8 Å². The fraction of sp³-hybridized carbons (Fsp3) is 0.524. The minimum absolute atomic E-state index is 0.0307. The molecule has 1 aromatic heterocycles. The predicted molar refractivity (Wildman–Crippen MR) is 104 cm³/mol. The van der Waals surface area contributed by atoms with Gasteiger partial charge in [0.05, 0.1) is 16.8 Å². The van der Waals surface area contributed by atoms with Crippen molar-refractivity contribution in [2.24, 2.45) is 11.8 Å². The number of benzene rings is 1. The Kier molecular flexibility index (Phi) is 4.91. The summed E-state index contributed by atoms with van der Waals surface area (Å²) in [5, 5.41) is 9.81. The maximum absolute atomic E-state index is 13.0. The maximum atomic E-state index is 13.0. The number of nitrogens with zero attached hydrogens (tertiary/aromatic N) is 3. The van der Waals surface area contributed by atoms with Crippen LogP contribution in [0.25, 0.3) is 10.9 Å². The van der Waals surface area contributed by atoms with Gasteiger partial charge in [0, 0.05) is 31.6 Å². The average molecular weight is 383 g/mol. The van der Waals surface area contributed by atoms with Crippen molar-refractivity contribution < 1.29 is 14.7 Å². The molecule has 3 heterocycles. The van der Waals surface area contributed by atoms with Crippen LogP contribution in [0.15, 0.2) is 23.0 Å². The van der Waals surface area contributed by atoms with Crippen molar-refractivity contribution in [2.75, 3.05) is 13.1 Å².